The van der Waals surface area contributed by atoms with Crippen molar-refractivity contribution in [1.29, 1.82) is 0 Å². The van der Waals surface area contributed by atoms with Gasteiger partial charge in [-0.3, -0.25) is 0 Å². The predicted molar refractivity (Wildman–Crippen MR) is 111 cm³/mol. The molecule has 1 fully saturated rings. The SMILES string of the molecule is CC(C)[C@@H](C)/C=C\C(O)[C@H]1OC(C)(C)O[C@H]1CCO[Si](C)(C)C(C)(C)C. The van der Waals surface area contributed by atoms with Gasteiger partial charge in [0.05, 0.1) is 6.10 Å². The standard InChI is InChI=1S/C21H42O4Si/c1-15(2)16(3)11-12-17(22)19-18(24-21(7,8)25-19)13-14-23-26(9,10)20(4,5)6/h11-12,15-19,22H,13-14H2,1-10H3/b12-11-/t16-,17?,18-,19+/m0/s1. The zero-order chi connectivity index (χ0) is 20.3. The van der Waals surface area contributed by atoms with Crippen molar-refractivity contribution in [2.45, 2.75) is 104 Å². The zero-order valence-electron chi connectivity index (χ0n) is 18.6. The minimum absolute atomic E-state index is 0.163. The Morgan fingerprint density at radius 2 is 1.69 bits per heavy atom. The number of ether oxygens (including phenoxy) is 2. The van der Waals surface area contributed by atoms with Crippen LogP contribution in [0, 0.1) is 11.8 Å². The molecule has 1 aliphatic rings. The molecule has 26 heavy (non-hydrogen) atoms. The maximum absolute atomic E-state index is 10.6. The van der Waals surface area contributed by atoms with Gasteiger partial charge >= 0.3 is 0 Å². The molecular formula is C21H42O4Si. The first-order valence-electron chi connectivity index (χ1n) is 10.0. The van der Waals surface area contributed by atoms with E-state index in [1.54, 1.807) is 0 Å². The molecule has 0 spiro atoms. The average molecular weight is 387 g/mol. The molecule has 154 valence electrons. The molecule has 5 heteroatoms. The summed E-state index contributed by atoms with van der Waals surface area (Å²) >= 11 is 0. The fourth-order valence-corrected chi connectivity index (χ4v) is 3.70. The third kappa shape index (κ3) is 6.75. The number of hydrogen-bond acceptors (Lipinski definition) is 4. The van der Waals surface area contributed by atoms with Gasteiger partial charge in [0, 0.05) is 6.61 Å². The molecule has 0 saturated carbocycles. The largest absolute Gasteiger partial charge is 0.417 e. The first-order chi connectivity index (χ1) is 11.7. The van der Waals surface area contributed by atoms with Crippen molar-refractivity contribution in [2.75, 3.05) is 6.61 Å². The summed E-state index contributed by atoms with van der Waals surface area (Å²) in [6, 6.07) is 0. The Morgan fingerprint density at radius 3 is 2.19 bits per heavy atom. The van der Waals surface area contributed by atoms with Gasteiger partial charge in [0.25, 0.3) is 0 Å². The first-order valence-corrected chi connectivity index (χ1v) is 12.9. The smallest absolute Gasteiger partial charge is 0.191 e. The van der Waals surface area contributed by atoms with E-state index in [0.717, 1.165) is 6.42 Å². The second-order valence-corrected chi connectivity index (χ2v) is 14.8. The molecule has 0 bridgehead atoms. The molecule has 1 saturated heterocycles. The van der Waals surface area contributed by atoms with Crippen LogP contribution in [0.15, 0.2) is 12.2 Å². The van der Waals surface area contributed by atoms with E-state index in [2.05, 4.69) is 60.7 Å². The Labute approximate surface area is 162 Å². The molecule has 0 aliphatic carbocycles. The predicted octanol–water partition coefficient (Wildman–Crippen LogP) is 5.13. The molecule has 1 aliphatic heterocycles. The Morgan fingerprint density at radius 1 is 1.12 bits per heavy atom. The van der Waals surface area contributed by atoms with Crippen molar-refractivity contribution in [1.82, 2.24) is 0 Å². The van der Waals surface area contributed by atoms with Crippen molar-refractivity contribution >= 4 is 8.32 Å². The van der Waals surface area contributed by atoms with Crippen LogP contribution in [0.25, 0.3) is 0 Å². The van der Waals surface area contributed by atoms with Gasteiger partial charge in [-0.2, -0.15) is 0 Å². The molecule has 0 aromatic heterocycles. The Kier molecular flexibility index (Phi) is 8.13. The fourth-order valence-electron chi connectivity index (χ4n) is 2.64. The van der Waals surface area contributed by atoms with E-state index in [9.17, 15) is 5.11 Å². The minimum Gasteiger partial charge on any atom is -0.417 e. The third-order valence-electron chi connectivity index (χ3n) is 5.89. The highest BCUT2D eigenvalue weighted by molar-refractivity contribution is 6.74. The van der Waals surface area contributed by atoms with E-state index in [1.165, 1.54) is 0 Å². The van der Waals surface area contributed by atoms with Crippen LogP contribution in [0.3, 0.4) is 0 Å². The second kappa shape index (κ2) is 8.87. The van der Waals surface area contributed by atoms with Gasteiger partial charge in [-0.05, 0) is 50.2 Å². The van der Waals surface area contributed by atoms with Crippen molar-refractivity contribution in [2.24, 2.45) is 11.8 Å². The highest BCUT2D eigenvalue weighted by Crippen LogP contribution is 2.37. The van der Waals surface area contributed by atoms with E-state index in [1.807, 2.05) is 19.9 Å². The van der Waals surface area contributed by atoms with Crippen LogP contribution in [0.4, 0.5) is 0 Å². The van der Waals surface area contributed by atoms with Gasteiger partial charge < -0.3 is 19.0 Å². The number of rotatable bonds is 8. The van der Waals surface area contributed by atoms with E-state index >= 15 is 0 Å². The number of hydrogen-bond donors (Lipinski definition) is 1. The second-order valence-electron chi connectivity index (χ2n) is 10.0. The van der Waals surface area contributed by atoms with Crippen LogP contribution < -0.4 is 0 Å². The molecule has 0 radical (unpaired) electrons. The summed E-state index contributed by atoms with van der Waals surface area (Å²) < 4.78 is 18.3. The van der Waals surface area contributed by atoms with E-state index in [0.29, 0.717) is 18.4 Å². The third-order valence-corrected chi connectivity index (χ3v) is 10.4. The average Bonchev–Trinajstić information content (AvgIpc) is 2.78. The molecule has 0 amide bonds. The van der Waals surface area contributed by atoms with Crippen LogP contribution in [-0.4, -0.2) is 44.1 Å². The van der Waals surface area contributed by atoms with Crippen LogP contribution in [-0.2, 0) is 13.9 Å². The van der Waals surface area contributed by atoms with Crippen molar-refractivity contribution in [3.8, 4) is 0 Å². The summed E-state index contributed by atoms with van der Waals surface area (Å²) in [6.45, 7) is 22.2. The minimum atomic E-state index is -1.78. The summed E-state index contributed by atoms with van der Waals surface area (Å²) in [5, 5.41) is 10.8. The first kappa shape index (κ1) is 23.8. The lowest BCUT2D eigenvalue weighted by molar-refractivity contribution is -0.153. The highest BCUT2D eigenvalue weighted by atomic mass is 28.4. The topological polar surface area (TPSA) is 47.9 Å². The van der Waals surface area contributed by atoms with Crippen LogP contribution in [0.2, 0.25) is 18.1 Å². The van der Waals surface area contributed by atoms with Gasteiger partial charge in [0.15, 0.2) is 14.1 Å². The summed E-state index contributed by atoms with van der Waals surface area (Å²) in [4.78, 5) is 0. The molecular weight excluding hydrogens is 344 g/mol. The van der Waals surface area contributed by atoms with Gasteiger partial charge in [-0.25, -0.2) is 0 Å². The fraction of sp³-hybridized carbons (Fsp3) is 0.905. The van der Waals surface area contributed by atoms with E-state index < -0.39 is 20.2 Å². The number of aliphatic hydroxyl groups is 1. The van der Waals surface area contributed by atoms with Crippen LogP contribution in [0.5, 0.6) is 0 Å². The summed E-state index contributed by atoms with van der Waals surface area (Å²) in [5.41, 5.74) is 0. The van der Waals surface area contributed by atoms with Crippen LogP contribution >= 0.6 is 0 Å². The van der Waals surface area contributed by atoms with Gasteiger partial charge in [-0.15, -0.1) is 0 Å². The molecule has 1 N–H and O–H groups in total. The van der Waals surface area contributed by atoms with Crippen molar-refractivity contribution < 1.29 is 19.0 Å². The highest BCUT2D eigenvalue weighted by Gasteiger charge is 2.44. The Bertz CT molecular complexity index is 465. The monoisotopic (exact) mass is 386 g/mol. The number of aliphatic hydroxyl groups excluding tert-OH is 1. The lowest BCUT2D eigenvalue weighted by Gasteiger charge is -2.36. The molecule has 4 atom stereocenters. The van der Waals surface area contributed by atoms with Gasteiger partial charge in [0.1, 0.15) is 12.2 Å². The van der Waals surface area contributed by atoms with Gasteiger partial charge in [-0.1, -0.05) is 53.7 Å². The molecule has 1 unspecified atom stereocenters. The molecule has 0 aromatic rings. The maximum atomic E-state index is 10.6. The molecule has 0 aromatic carbocycles. The van der Waals surface area contributed by atoms with E-state index in [4.69, 9.17) is 13.9 Å². The van der Waals surface area contributed by atoms with Gasteiger partial charge in [0.2, 0.25) is 0 Å². The number of allylic oxidation sites excluding steroid dienone is 1. The Balaban J connectivity index is 2.70. The Hall–Kier alpha value is -0.203. The lowest BCUT2D eigenvalue weighted by Crippen LogP contribution is -2.42. The van der Waals surface area contributed by atoms with E-state index in [-0.39, 0.29) is 17.2 Å². The van der Waals surface area contributed by atoms with Crippen molar-refractivity contribution in [3.63, 3.8) is 0 Å². The quantitative estimate of drug-likeness (QED) is 0.464. The lowest BCUT2D eigenvalue weighted by atomic mass is 9.96. The van der Waals surface area contributed by atoms with Crippen LogP contribution in [0.1, 0.15) is 61.8 Å². The molecule has 4 nitrogen and oxygen atoms in total. The summed E-state index contributed by atoms with van der Waals surface area (Å²) in [6.07, 6.45) is 3.48. The summed E-state index contributed by atoms with van der Waals surface area (Å²) in [7, 11) is -1.78. The summed E-state index contributed by atoms with van der Waals surface area (Å²) in [5.74, 6) is 0.287. The zero-order valence-corrected chi connectivity index (χ0v) is 19.6. The molecule has 1 heterocycles. The molecule has 1 rings (SSSR count). The normalized spacial score (nSPS) is 26.6. The van der Waals surface area contributed by atoms with Crippen molar-refractivity contribution in [3.05, 3.63) is 12.2 Å². The maximum Gasteiger partial charge on any atom is 0.191 e.